The number of nitrogens with zero attached hydrogens (tertiary/aromatic N) is 4. The zero-order valence-corrected chi connectivity index (χ0v) is 19.8. The Hall–Kier alpha value is -2.60. The second-order valence-electron chi connectivity index (χ2n) is 10.3. The first-order valence-electron chi connectivity index (χ1n) is 11.9. The lowest BCUT2D eigenvalue weighted by Crippen LogP contribution is -2.54. The molecule has 0 bridgehead atoms. The molecule has 1 aromatic carbocycles. The first kappa shape index (κ1) is 21.3. The number of benzene rings is 1. The standard InChI is InChI=1S/C26H35N5O/c1-19-7-5-8-21(15-19)26(29(3)4)11-9-25(10-12-26)18-31(24(32)28-25)23-20(2)16-22(17-27-23)30-13-6-14-30/h5,7-8,15-17H,6,9-14,18H2,1-4H3,(H,28,32)/t25-,26+. The average molecular weight is 434 g/mol. The third kappa shape index (κ3) is 3.45. The number of hydrogen-bond donors (Lipinski definition) is 1. The number of nitrogens with one attached hydrogen (secondary N) is 1. The zero-order chi connectivity index (χ0) is 22.5. The minimum Gasteiger partial charge on any atom is -0.370 e. The maximum atomic E-state index is 13.1. The lowest BCUT2D eigenvalue weighted by atomic mass is 9.68. The van der Waals surface area contributed by atoms with E-state index in [-0.39, 0.29) is 17.1 Å². The Bertz CT molecular complexity index is 1020. The molecular formula is C26H35N5O. The van der Waals surface area contributed by atoms with Crippen LogP contribution in [0.25, 0.3) is 0 Å². The Balaban J connectivity index is 1.35. The summed E-state index contributed by atoms with van der Waals surface area (Å²) in [4.78, 5) is 24.4. The van der Waals surface area contributed by atoms with Gasteiger partial charge in [-0.2, -0.15) is 0 Å². The summed E-state index contributed by atoms with van der Waals surface area (Å²) in [5, 5.41) is 3.36. The van der Waals surface area contributed by atoms with Crippen molar-refractivity contribution in [1.29, 1.82) is 0 Å². The predicted molar refractivity (Wildman–Crippen MR) is 129 cm³/mol. The van der Waals surface area contributed by atoms with E-state index >= 15 is 0 Å². The summed E-state index contributed by atoms with van der Waals surface area (Å²) >= 11 is 0. The topological polar surface area (TPSA) is 51.7 Å². The van der Waals surface area contributed by atoms with Crippen LogP contribution in [0.2, 0.25) is 0 Å². The van der Waals surface area contributed by atoms with Crippen LogP contribution in [0, 0.1) is 13.8 Å². The molecule has 1 N–H and O–H groups in total. The Labute approximate surface area is 191 Å². The van der Waals surface area contributed by atoms with Gasteiger partial charge in [-0.25, -0.2) is 9.78 Å². The molecule has 5 rings (SSSR count). The molecule has 3 fully saturated rings. The van der Waals surface area contributed by atoms with E-state index in [0.717, 1.165) is 50.2 Å². The fourth-order valence-corrected chi connectivity index (χ4v) is 5.82. The second-order valence-corrected chi connectivity index (χ2v) is 10.3. The number of carbonyl (C=O) groups is 1. The first-order valence-corrected chi connectivity index (χ1v) is 11.9. The van der Waals surface area contributed by atoms with Gasteiger partial charge in [0.15, 0.2) is 0 Å². The van der Waals surface area contributed by atoms with Gasteiger partial charge in [-0.05, 0) is 77.2 Å². The summed E-state index contributed by atoms with van der Waals surface area (Å²) in [6.07, 6.45) is 7.15. The van der Waals surface area contributed by atoms with Crippen LogP contribution in [-0.4, -0.2) is 55.2 Å². The van der Waals surface area contributed by atoms with Crippen molar-refractivity contribution >= 4 is 17.5 Å². The normalized spacial score (nSPS) is 27.7. The van der Waals surface area contributed by atoms with E-state index in [0.29, 0.717) is 6.54 Å². The van der Waals surface area contributed by atoms with Gasteiger partial charge in [0, 0.05) is 18.6 Å². The van der Waals surface area contributed by atoms with Gasteiger partial charge in [-0.15, -0.1) is 0 Å². The van der Waals surface area contributed by atoms with Crippen LogP contribution in [0.3, 0.4) is 0 Å². The average Bonchev–Trinajstić information content (AvgIpc) is 3.03. The molecule has 170 valence electrons. The smallest absolute Gasteiger partial charge is 0.323 e. The van der Waals surface area contributed by atoms with Crippen molar-refractivity contribution in [3.63, 3.8) is 0 Å². The molecule has 32 heavy (non-hydrogen) atoms. The van der Waals surface area contributed by atoms with Crippen molar-refractivity contribution in [2.45, 2.75) is 57.0 Å². The summed E-state index contributed by atoms with van der Waals surface area (Å²) in [5.74, 6) is 0.798. The van der Waals surface area contributed by atoms with Crippen molar-refractivity contribution in [2.24, 2.45) is 0 Å². The number of anilines is 2. The molecule has 2 amide bonds. The highest BCUT2D eigenvalue weighted by Crippen LogP contribution is 2.46. The Morgan fingerprint density at radius 1 is 1.06 bits per heavy atom. The Kier molecular flexibility index (Phi) is 5.16. The van der Waals surface area contributed by atoms with E-state index in [1.165, 1.54) is 23.2 Å². The molecule has 1 aliphatic carbocycles. The number of aromatic nitrogens is 1. The molecule has 6 nitrogen and oxygen atoms in total. The van der Waals surface area contributed by atoms with Gasteiger partial charge in [0.2, 0.25) is 0 Å². The molecule has 1 aromatic heterocycles. The number of urea groups is 1. The van der Waals surface area contributed by atoms with Crippen LogP contribution in [0.15, 0.2) is 36.5 Å². The molecule has 2 aliphatic heterocycles. The van der Waals surface area contributed by atoms with Crippen molar-refractivity contribution in [2.75, 3.05) is 43.5 Å². The van der Waals surface area contributed by atoms with Crippen LogP contribution in [0.5, 0.6) is 0 Å². The number of aryl methyl sites for hydroxylation is 2. The van der Waals surface area contributed by atoms with Crippen molar-refractivity contribution in [3.8, 4) is 0 Å². The number of carbonyl (C=O) groups excluding carboxylic acids is 1. The quantitative estimate of drug-likeness (QED) is 0.785. The third-order valence-corrected chi connectivity index (χ3v) is 8.04. The summed E-state index contributed by atoms with van der Waals surface area (Å²) in [6.45, 7) is 7.12. The monoisotopic (exact) mass is 433 g/mol. The SMILES string of the molecule is Cc1cccc([C@]2(N(C)C)CC[C@@]3(CC2)CN(c2ncc(N4CCC4)cc2C)C(=O)N3)c1. The number of rotatable bonds is 4. The molecule has 0 unspecified atom stereocenters. The summed E-state index contributed by atoms with van der Waals surface area (Å²) in [6, 6.07) is 11.1. The maximum absolute atomic E-state index is 13.1. The van der Waals surface area contributed by atoms with E-state index in [2.05, 4.69) is 73.4 Å². The fraction of sp³-hybridized carbons (Fsp3) is 0.538. The van der Waals surface area contributed by atoms with Gasteiger partial charge in [-0.3, -0.25) is 9.80 Å². The van der Waals surface area contributed by atoms with Crippen LogP contribution in [0.1, 0.15) is 48.8 Å². The lowest BCUT2D eigenvalue weighted by molar-refractivity contribution is 0.0657. The van der Waals surface area contributed by atoms with Gasteiger partial charge in [-0.1, -0.05) is 29.8 Å². The molecular weight excluding hydrogens is 398 g/mol. The van der Waals surface area contributed by atoms with Gasteiger partial charge in [0.1, 0.15) is 5.82 Å². The van der Waals surface area contributed by atoms with Crippen LogP contribution in [-0.2, 0) is 5.54 Å². The molecule has 1 spiro atoms. The third-order valence-electron chi connectivity index (χ3n) is 8.04. The van der Waals surface area contributed by atoms with E-state index in [1.807, 2.05) is 11.1 Å². The Morgan fingerprint density at radius 2 is 1.81 bits per heavy atom. The first-order chi connectivity index (χ1) is 15.3. The maximum Gasteiger partial charge on any atom is 0.323 e. The molecule has 2 aromatic rings. The van der Waals surface area contributed by atoms with Crippen molar-refractivity contribution < 1.29 is 4.79 Å². The van der Waals surface area contributed by atoms with E-state index in [9.17, 15) is 4.79 Å². The fourth-order valence-electron chi connectivity index (χ4n) is 5.82. The zero-order valence-electron chi connectivity index (χ0n) is 19.8. The van der Waals surface area contributed by atoms with E-state index in [4.69, 9.17) is 4.98 Å². The minimum atomic E-state index is -0.176. The predicted octanol–water partition coefficient (Wildman–Crippen LogP) is 4.21. The minimum absolute atomic E-state index is 0.00907. The van der Waals surface area contributed by atoms with Crippen molar-refractivity contribution in [3.05, 3.63) is 53.2 Å². The van der Waals surface area contributed by atoms with Gasteiger partial charge < -0.3 is 10.2 Å². The van der Waals surface area contributed by atoms with Gasteiger partial charge in [0.25, 0.3) is 0 Å². The van der Waals surface area contributed by atoms with Crippen LogP contribution < -0.4 is 15.1 Å². The highest BCUT2D eigenvalue weighted by molar-refractivity contribution is 5.95. The number of hydrogen-bond acceptors (Lipinski definition) is 4. The molecule has 2 saturated heterocycles. The van der Waals surface area contributed by atoms with Crippen LogP contribution >= 0.6 is 0 Å². The summed E-state index contributed by atoms with van der Waals surface area (Å²) in [5.41, 5.74) is 4.76. The van der Waals surface area contributed by atoms with Gasteiger partial charge in [0.05, 0.1) is 24.0 Å². The molecule has 3 aliphatic rings. The molecule has 1 saturated carbocycles. The van der Waals surface area contributed by atoms with E-state index < -0.39 is 0 Å². The molecule has 3 heterocycles. The number of amides is 2. The second kappa shape index (κ2) is 7.77. The largest absolute Gasteiger partial charge is 0.370 e. The lowest BCUT2D eigenvalue weighted by Gasteiger charge is -2.48. The molecule has 0 radical (unpaired) electrons. The number of pyridine rings is 1. The molecule has 0 atom stereocenters. The highest BCUT2D eigenvalue weighted by Gasteiger charge is 2.50. The summed E-state index contributed by atoms with van der Waals surface area (Å²) in [7, 11) is 4.37. The Morgan fingerprint density at radius 3 is 2.41 bits per heavy atom. The van der Waals surface area contributed by atoms with E-state index in [1.54, 1.807) is 0 Å². The summed E-state index contributed by atoms with van der Waals surface area (Å²) < 4.78 is 0. The molecule has 6 heteroatoms. The van der Waals surface area contributed by atoms with Crippen molar-refractivity contribution in [1.82, 2.24) is 15.2 Å². The highest BCUT2D eigenvalue weighted by atomic mass is 16.2. The van der Waals surface area contributed by atoms with Gasteiger partial charge >= 0.3 is 6.03 Å². The van der Waals surface area contributed by atoms with Crippen LogP contribution in [0.4, 0.5) is 16.3 Å².